The lowest BCUT2D eigenvalue weighted by Gasteiger charge is -2.34. The van der Waals surface area contributed by atoms with Crippen LogP contribution in [0.3, 0.4) is 0 Å². The first-order valence-electron chi connectivity index (χ1n) is 11.3. The lowest BCUT2D eigenvalue weighted by molar-refractivity contribution is 0.463. The van der Waals surface area contributed by atoms with Crippen molar-refractivity contribution in [1.29, 1.82) is 0 Å². The maximum Gasteiger partial charge on any atom is 0.349 e. The molecule has 2 atom stereocenters. The molecule has 0 radical (unpaired) electrons. The van der Waals surface area contributed by atoms with Crippen LogP contribution in [0.5, 0.6) is 5.75 Å². The second kappa shape index (κ2) is 7.75. The van der Waals surface area contributed by atoms with Gasteiger partial charge in [-0.15, -0.1) is 6.42 Å². The van der Waals surface area contributed by atoms with Gasteiger partial charge in [0.15, 0.2) is 5.82 Å². The summed E-state index contributed by atoms with van der Waals surface area (Å²) in [5.41, 5.74) is -0.623. The molecule has 2 saturated heterocycles. The van der Waals surface area contributed by atoms with E-state index in [4.69, 9.17) is 6.42 Å². The van der Waals surface area contributed by atoms with Gasteiger partial charge in [0.2, 0.25) is 0 Å². The van der Waals surface area contributed by atoms with Crippen molar-refractivity contribution in [2.75, 3.05) is 18.0 Å². The first-order valence-corrected chi connectivity index (χ1v) is 11.3. The Kier molecular flexibility index (Phi) is 4.76. The average Bonchev–Trinajstić information content (AvgIpc) is 3.18. The minimum absolute atomic E-state index is 0.0334. The number of nitrogens with zero attached hydrogens (tertiary/aromatic N) is 4. The molecule has 35 heavy (non-hydrogen) atoms. The molecule has 4 aromatic rings. The molecule has 9 heteroatoms. The van der Waals surface area contributed by atoms with Gasteiger partial charge in [0.05, 0.1) is 16.5 Å². The van der Waals surface area contributed by atoms with Crippen LogP contribution in [0.4, 0.5) is 14.6 Å². The van der Waals surface area contributed by atoms with Crippen molar-refractivity contribution >= 4 is 27.5 Å². The van der Waals surface area contributed by atoms with Crippen LogP contribution in [-0.4, -0.2) is 44.8 Å². The average molecular weight is 473 g/mol. The number of benzene rings is 2. The third-order valence-electron chi connectivity index (χ3n) is 7.03. The molecular weight excluding hydrogens is 452 g/mol. The molecule has 7 nitrogen and oxygen atoms in total. The predicted octanol–water partition coefficient (Wildman–Crippen LogP) is 3.05. The van der Waals surface area contributed by atoms with Gasteiger partial charge in [-0.25, -0.2) is 13.6 Å². The third kappa shape index (κ3) is 3.25. The number of halogens is 2. The highest BCUT2D eigenvalue weighted by molar-refractivity contribution is 6.03. The van der Waals surface area contributed by atoms with Crippen molar-refractivity contribution < 1.29 is 13.9 Å². The first kappa shape index (κ1) is 21.5. The van der Waals surface area contributed by atoms with Crippen molar-refractivity contribution in [2.24, 2.45) is 7.05 Å². The Hall–Kier alpha value is -4.03. The molecular formula is C26H21F2N5O2. The summed E-state index contributed by atoms with van der Waals surface area (Å²) in [7, 11) is 1.45. The van der Waals surface area contributed by atoms with E-state index in [0.29, 0.717) is 41.8 Å². The van der Waals surface area contributed by atoms with Crippen molar-refractivity contribution in [3.8, 4) is 29.4 Å². The highest BCUT2D eigenvalue weighted by Gasteiger charge is 2.34. The van der Waals surface area contributed by atoms with E-state index in [9.17, 15) is 14.3 Å². The van der Waals surface area contributed by atoms with Crippen LogP contribution in [0.25, 0.3) is 32.9 Å². The number of nitrogens with one attached hydrogen (secondary N) is 1. The van der Waals surface area contributed by atoms with Crippen LogP contribution in [0, 0.1) is 24.0 Å². The van der Waals surface area contributed by atoms with Gasteiger partial charge in [0.1, 0.15) is 23.1 Å². The van der Waals surface area contributed by atoms with Gasteiger partial charge in [-0.1, -0.05) is 12.0 Å². The summed E-state index contributed by atoms with van der Waals surface area (Å²) in [4.78, 5) is 23.4. The van der Waals surface area contributed by atoms with Crippen LogP contribution in [-0.2, 0) is 7.05 Å². The Labute approximate surface area is 199 Å². The molecule has 0 amide bonds. The predicted molar refractivity (Wildman–Crippen MR) is 129 cm³/mol. The van der Waals surface area contributed by atoms with E-state index in [0.717, 1.165) is 17.4 Å². The zero-order valence-corrected chi connectivity index (χ0v) is 18.8. The monoisotopic (exact) mass is 473 g/mol. The summed E-state index contributed by atoms with van der Waals surface area (Å²) in [5, 5.41) is 14.9. The first-order chi connectivity index (χ1) is 16.9. The molecule has 2 aromatic heterocycles. The Balaban J connectivity index is 1.63. The number of hydrogen-bond acceptors (Lipinski definition) is 6. The van der Waals surface area contributed by atoms with Crippen LogP contribution >= 0.6 is 0 Å². The van der Waals surface area contributed by atoms with E-state index in [2.05, 4.69) is 21.2 Å². The molecule has 2 aliphatic rings. The van der Waals surface area contributed by atoms with Gasteiger partial charge in [-0.05, 0) is 36.4 Å². The number of anilines is 1. The summed E-state index contributed by atoms with van der Waals surface area (Å²) in [5.74, 6) is 1.16. The number of hydrogen-bond donors (Lipinski definition) is 2. The van der Waals surface area contributed by atoms with Crippen LogP contribution in [0.2, 0.25) is 0 Å². The molecule has 2 unspecified atom stereocenters. The van der Waals surface area contributed by atoms with Gasteiger partial charge in [0, 0.05) is 49.4 Å². The minimum Gasteiger partial charge on any atom is -0.508 e. The smallest absolute Gasteiger partial charge is 0.349 e. The largest absolute Gasteiger partial charge is 0.508 e. The quantitative estimate of drug-likeness (QED) is 0.436. The fourth-order valence-corrected chi connectivity index (χ4v) is 5.44. The normalized spacial score (nSPS) is 19.4. The molecule has 2 bridgehead atoms. The highest BCUT2D eigenvalue weighted by Crippen LogP contribution is 2.38. The van der Waals surface area contributed by atoms with Crippen LogP contribution < -0.4 is 15.9 Å². The molecule has 6 rings (SSSR count). The van der Waals surface area contributed by atoms with E-state index >= 15 is 4.39 Å². The Bertz CT molecular complexity index is 1630. The number of terminal acetylenes is 1. The van der Waals surface area contributed by atoms with E-state index in [1.807, 2.05) is 4.90 Å². The van der Waals surface area contributed by atoms with Gasteiger partial charge in [0.25, 0.3) is 0 Å². The van der Waals surface area contributed by atoms with Gasteiger partial charge in [-0.2, -0.15) is 4.98 Å². The van der Waals surface area contributed by atoms with E-state index in [1.165, 1.54) is 37.5 Å². The fourth-order valence-electron chi connectivity index (χ4n) is 5.44. The zero-order chi connectivity index (χ0) is 24.4. The SMILES string of the molecule is C#Cc1c(F)ccc2cc(O)cc(-c3ncc4c(N5CC6CCC(C5)N6)nc(=O)n(C)c4c3F)c12. The van der Waals surface area contributed by atoms with Gasteiger partial charge >= 0.3 is 5.69 Å². The summed E-state index contributed by atoms with van der Waals surface area (Å²) >= 11 is 0. The molecule has 2 aromatic carbocycles. The third-order valence-corrected chi connectivity index (χ3v) is 7.03. The van der Waals surface area contributed by atoms with Crippen molar-refractivity contribution in [3.63, 3.8) is 0 Å². The van der Waals surface area contributed by atoms with Crippen LogP contribution in [0.1, 0.15) is 18.4 Å². The number of aryl methyl sites for hydroxylation is 1. The van der Waals surface area contributed by atoms with E-state index < -0.39 is 17.3 Å². The van der Waals surface area contributed by atoms with Crippen molar-refractivity contribution in [3.05, 3.63) is 58.1 Å². The number of phenols is 1. The molecule has 2 fully saturated rings. The maximum absolute atomic E-state index is 16.2. The Morgan fingerprint density at radius 2 is 1.94 bits per heavy atom. The summed E-state index contributed by atoms with van der Waals surface area (Å²) in [6, 6.07) is 5.98. The molecule has 2 N–H and O–H groups in total. The summed E-state index contributed by atoms with van der Waals surface area (Å²) < 4.78 is 31.9. The summed E-state index contributed by atoms with van der Waals surface area (Å²) in [6.07, 6.45) is 9.13. The van der Waals surface area contributed by atoms with Gasteiger partial charge in [-0.3, -0.25) is 9.55 Å². The molecule has 4 heterocycles. The second-order valence-electron chi connectivity index (χ2n) is 9.16. The number of aromatic nitrogens is 3. The topological polar surface area (TPSA) is 83.3 Å². The second-order valence-corrected chi connectivity index (χ2v) is 9.16. The standard InChI is InChI=1S/C26H21F2N5O2/c1-3-17-20(27)7-4-13-8-16(34)9-18(21(13)17)23-22(28)24-19(10-29-23)25(31-26(35)32(24)2)33-11-14-5-6-15(12-33)30-14/h1,4,7-10,14-15,30,34H,5-6,11-12H2,2H3. The summed E-state index contributed by atoms with van der Waals surface area (Å²) in [6.45, 7) is 1.33. The number of phenolic OH excluding ortho intramolecular Hbond substituents is 1. The van der Waals surface area contributed by atoms with Crippen molar-refractivity contribution in [1.82, 2.24) is 19.9 Å². The molecule has 0 spiro atoms. The Morgan fingerprint density at radius 1 is 1.20 bits per heavy atom. The number of aromatic hydroxyl groups is 1. The number of fused-ring (bicyclic) bond motifs is 4. The highest BCUT2D eigenvalue weighted by atomic mass is 19.1. The number of piperazine rings is 1. The fraction of sp³-hybridized carbons (Fsp3) is 0.269. The zero-order valence-electron chi connectivity index (χ0n) is 18.8. The molecule has 0 saturated carbocycles. The van der Waals surface area contributed by atoms with Crippen molar-refractivity contribution in [2.45, 2.75) is 24.9 Å². The minimum atomic E-state index is -0.775. The van der Waals surface area contributed by atoms with E-state index in [-0.39, 0.29) is 33.5 Å². The number of rotatable bonds is 2. The van der Waals surface area contributed by atoms with E-state index in [1.54, 1.807) is 0 Å². The molecule has 2 aliphatic heterocycles. The Morgan fingerprint density at radius 3 is 2.66 bits per heavy atom. The molecule has 0 aliphatic carbocycles. The maximum atomic E-state index is 16.2. The lowest BCUT2D eigenvalue weighted by Crippen LogP contribution is -2.51. The van der Waals surface area contributed by atoms with Crippen LogP contribution in [0.15, 0.2) is 35.3 Å². The number of pyridine rings is 1. The van der Waals surface area contributed by atoms with Gasteiger partial charge < -0.3 is 15.3 Å². The molecule has 176 valence electrons. The lowest BCUT2D eigenvalue weighted by atomic mass is 9.95.